The van der Waals surface area contributed by atoms with Gasteiger partial charge >= 0.3 is 0 Å². The molecular weight excluding hydrogens is 296 g/mol. The Morgan fingerprint density at radius 1 is 1.30 bits per heavy atom. The number of H-pyrrole nitrogens is 1. The molecule has 0 amide bonds. The van der Waals surface area contributed by atoms with E-state index < -0.39 is 0 Å². The molecule has 0 fully saturated rings. The maximum atomic E-state index is 10.2. The summed E-state index contributed by atoms with van der Waals surface area (Å²) in [5.41, 5.74) is 8.31. The number of aromatic amines is 1. The van der Waals surface area contributed by atoms with Crippen LogP contribution in [0.1, 0.15) is 11.7 Å². The molecule has 3 heterocycles. The number of aromatic hydroxyl groups is 1. The molecule has 8 nitrogen and oxygen atoms in total. The second-order valence-electron chi connectivity index (χ2n) is 5.24. The summed E-state index contributed by atoms with van der Waals surface area (Å²) in [5.74, 6) is 1.89. The Labute approximate surface area is 130 Å². The van der Waals surface area contributed by atoms with E-state index >= 15 is 0 Å². The minimum Gasteiger partial charge on any atom is -0.505 e. The summed E-state index contributed by atoms with van der Waals surface area (Å²) < 4.78 is 6.73. The van der Waals surface area contributed by atoms with Crippen molar-refractivity contribution in [1.29, 1.82) is 0 Å². The van der Waals surface area contributed by atoms with Gasteiger partial charge in [-0.2, -0.15) is 4.98 Å². The number of para-hydroxylation sites is 2. The van der Waals surface area contributed by atoms with Gasteiger partial charge in [-0.15, -0.1) is 0 Å². The van der Waals surface area contributed by atoms with E-state index in [-0.39, 0.29) is 12.3 Å². The number of nitrogens with zero attached hydrogens (tertiary/aromatic N) is 4. The third kappa shape index (κ3) is 2.20. The van der Waals surface area contributed by atoms with E-state index in [1.807, 2.05) is 24.3 Å². The zero-order valence-corrected chi connectivity index (χ0v) is 12.3. The molecule has 1 aromatic carbocycles. The molecule has 4 rings (SSSR count). The first kappa shape index (κ1) is 13.4. The zero-order valence-electron chi connectivity index (χ0n) is 12.3. The van der Waals surface area contributed by atoms with Crippen molar-refractivity contribution in [3.8, 4) is 17.1 Å². The highest BCUT2D eigenvalue weighted by Crippen LogP contribution is 2.35. The van der Waals surface area contributed by atoms with E-state index in [4.69, 9.17) is 10.3 Å². The summed E-state index contributed by atoms with van der Waals surface area (Å²) in [7, 11) is 0. The number of hydrogen-bond donors (Lipinski definition) is 3. The Hall–Kier alpha value is -3.29. The molecule has 0 aliphatic heterocycles. The van der Waals surface area contributed by atoms with Crippen LogP contribution in [0, 0.1) is 6.92 Å². The molecule has 0 bridgehead atoms. The number of hydrogen-bond acceptors (Lipinski definition) is 6. The Morgan fingerprint density at radius 3 is 2.87 bits per heavy atom. The van der Waals surface area contributed by atoms with E-state index in [1.165, 1.54) is 6.20 Å². The maximum Gasteiger partial charge on any atom is 0.246 e. The van der Waals surface area contributed by atoms with Crippen molar-refractivity contribution in [2.75, 3.05) is 5.73 Å². The van der Waals surface area contributed by atoms with Gasteiger partial charge in [0.2, 0.25) is 5.89 Å². The monoisotopic (exact) mass is 310 g/mol. The lowest BCUT2D eigenvalue weighted by Gasteiger charge is -2.02. The molecule has 0 saturated carbocycles. The number of benzene rings is 1. The summed E-state index contributed by atoms with van der Waals surface area (Å²) >= 11 is 0. The molecule has 0 saturated heterocycles. The van der Waals surface area contributed by atoms with Gasteiger partial charge in [-0.1, -0.05) is 17.3 Å². The molecule has 116 valence electrons. The molecule has 3 aromatic heterocycles. The van der Waals surface area contributed by atoms with Gasteiger partial charge in [0.25, 0.3) is 0 Å². The van der Waals surface area contributed by atoms with E-state index in [1.54, 1.807) is 11.5 Å². The average molecular weight is 310 g/mol. The first-order chi connectivity index (χ1) is 11.1. The second kappa shape index (κ2) is 4.87. The van der Waals surface area contributed by atoms with E-state index in [0.717, 1.165) is 11.0 Å². The molecule has 0 aliphatic rings. The average Bonchev–Trinajstić information content (AvgIpc) is 3.18. The minimum atomic E-state index is 0.0396. The smallest absolute Gasteiger partial charge is 0.246 e. The third-order valence-electron chi connectivity index (χ3n) is 3.60. The van der Waals surface area contributed by atoms with Gasteiger partial charge in [-0.25, -0.2) is 4.98 Å². The van der Waals surface area contributed by atoms with Gasteiger partial charge in [0.15, 0.2) is 5.82 Å². The van der Waals surface area contributed by atoms with Crippen LogP contribution in [0.25, 0.3) is 22.4 Å². The standard InChI is InChI=1S/C15H14N6O2/c1-8-17-12(23-20-8)7-21-6-11(22)13(14(21)16)15-18-9-4-2-3-5-10(9)19-15/h2-6,22H,7,16H2,1H3,(H,18,19). The van der Waals surface area contributed by atoms with Gasteiger partial charge in [0.05, 0.1) is 11.0 Å². The van der Waals surface area contributed by atoms with E-state index in [9.17, 15) is 5.11 Å². The Kier molecular flexibility index (Phi) is 2.83. The number of nitrogens with one attached hydrogen (secondary N) is 1. The number of nitrogen functional groups attached to an aromatic ring is 1. The van der Waals surface area contributed by atoms with Crippen molar-refractivity contribution in [1.82, 2.24) is 24.7 Å². The van der Waals surface area contributed by atoms with Crippen LogP contribution >= 0.6 is 0 Å². The Bertz CT molecular complexity index is 964. The summed E-state index contributed by atoms with van der Waals surface area (Å²) in [5, 5.41) is 14.0. The quantitative estimate of drug-likeness (QED) is 0.533. The van der Waals surface area contributed by atoms with E-state index in [2.05, 4.69) is 20.1 Å². The molecule has 0 radical (unpaired) electrons. The van der Waals surface area contributed by atoms with Crippen molar-refractivity contribution in [3.05, 3.63) is 42.2 Å². The van der Waals surface area contributed by atoms with Gasteiger partial charge in [-0.05, 0) is 19.1 Å². The van der Waals surface area contributed by atoms with Crippen LogP contribution in [0.15, 0.2) is 35.0 Å². The fourth-order valence-electron chi connectivity index (χ4n) is 2.55. The number of anilines is 1. The van der Waals surface area contributed by atoms with E-state index in [0.29, 0.717) is 28.9 Å². The highest BCUT2D eigenvalue weighted by atomic mass is 16.5. The largest absolute Gasteiger partial charge is 0.505 e. The maximum absolute atomic E-state index is 10.2. The number of aromatic nitrogens is 5. The first-order valence-electron chi connectivity index (χ1n) is 7.03. The zero-order chi connectivity index (χ0) is 16.0. The lowest BCUT2D eigenvalue weighted by atomic mass is 10.3. The number of fused-ring (bicyclic) bond motifs is 1. The van der Waals surface area contributed by atoms with Crippen LogP contribution in [-0.4, -0.2) is 29.8 Å². The van der Waals surface area contributed by atoms with Crippen LogP contribution in [0.4, 0.5) is 5.82 Å². The molecule has 0 spiro atoms. The number of nitrogens with two attached hydrogens (primary N) is 1. The van der Waals surface area contributed by atoms with Gasteiger partial charge in [-0.3, -0.25) is 0 Å². The molecule has 0 aliphatic carbocycles. The predicted octanol–water partition coefficient (Wildman–Crippen LogP) is 2.06. The number of rotatable bonds is 3. The summed E-state index contributed by atoms with van der Waals surface area (Å²) in [6.45, 7) is 2.02. The molecule has 0 unspecified atom stereocenters. The summed E-state index contributed by atoms with van der Waals surface area (Å²) in [4.78, 5) is 11.8. The SMILES string of the molecule is Cc1noc(Cn2cc(O)c(-c3nc4ccccc4[nH]3)c2N)n1. The van der Waals surface area contributed by atoms with Gasteiger partial charge in [0.1, 0.15) is 29.5 Å². The summed E-state index contributed by atoms with van der Waals surface area (Å²) in [6, 6.07) is 7.62. The van der Waals surface area contributed by atoms with Crippen LogP contribution in [0.5, 0.6) is 5.75 Å². The molecule has 4 N–H and O–H groups in total. The first-order valence-corrected chi connectivity index (χ1v) is 7.03. The van der Waals surface area contributed by atoms with Crippen LogP contribution in [-0.2, 0) is 6.54 Å². The van der Waals surface area contributed by atoms with Crippen molar-refractivity contribution >= 4 is 16.9 Å². The minimum absolute atomic E-state index is 0.0396. The third-order valence-corrected chi connectivity index (χ3v) is 3.60. The molecular formula is C15H14N6O2. The Morgan fingerprint density at radius 2 is 2.13 bits per heavy atom. The highest BCUT2D eigenvalue weighted by molar-refractivity contribution is 5.84. The molecule has 4 aromatic rings. The lowest BCUT2D eigenvalue weighted by molar-refractivity contribution is 0.368. The van der Waals surface area contributed by atoms with Crippen molar-refractivity contribution in [3.63, 3.8) is 0 Å². The molecule has 23 heavy (non-hydrogen) atoms. The van der Waals surface area contributed by atoms with Crippen LogP contribution in [0.3, 0.4) is 0 Å². The highest BCUT2D eigenvalue weighted by Gasteiger charge is 2.19. The van der Waals surface area contributed by atoms with Gasteiger partial charge in [0, 0.05) is 6.20 Å². The number of aryl methyl sites for hydroxylation is 1. The van der Waals surface area contributed by atoms with Crippen molar-refractivity contribution in [2.45, 2.75) is 13.5 Å². The molecule has 0 atom stereocenters. The molecule has 8 heteroatoms. The number of imidazole rings is 1. The van der Waals surface area contributed by atoms with Crippen LogP contribution < -0.4 is 5.73 Å². The lowest BCUT2D eigenvalue weighted by Crippen LogP contribution is -2.04. The predicted molar refractivity (Wildman–Crippen MR) is 83.7 cm³/mol. The summed E-state index contributed by atoms with van der Waals surface area (Å²) in [6.07, 6.45) is 1.53. The second-order valence-corrected chi connectivity index (χ2v) is 5.24. The van der Waals surface area contributed by atoms with Crippen molar-refractivity contribution in [2.24, 2.45) is 0 Å². The van der Waals surface area contributed by atoms with Crippen molar-refractivity contribution < 1.29 is 9.63 Å². The Balaban J connectivity index is 1.77. The van der Waals surface area contributed by atoms with Gasteiger partial charge < -0.3 is 24.9 Å². The van der Waals surface area contributed by atoms with Crippen LogP contribution in [0.2, 0.25) is 0 Å². The topological polar surface area (TPSA) is 119 Å². The fourth-order valence-corrected chi connectivity index (χ4v) is 2.55. The normalized spacial score (nSPS) is 11.3. The fraction of sp³-hybridized carbons (Fsp3) is 0.133.